The second-order valence-corrected chi connectivity index (χ2v) is 5.23. The van der Waals surface area contributed by atoms with Crippen molar-refractivity contribution >= 4 is 33.4 Å². The van der Waals surface area contributed by atoms with Gasteiger partial charge in [-0.1, -0.05) is 11.6 Å². The molecule has 10 heteroatoms. The Morgan fingerprint density at radius 3 is 2.40 bits per heavy atom. The minimum absolute atomic E-state index is 0.0292. The van der Waals surface area contributed by atoms with Crippen molar-refractivity contribution in [2.45, 2.75) is 5.51 Å². The van der Waals surface area contributed by atoms with Crippen LogP contribution in [0.1, 0.15) is 5.56 Å². The van der Waals surface area contributed by atoms with Gasteiger partial charge >= 0.3 is 15.6 Å². The van der Waals surface area contributed by atoms with Gasteiger partial charge in [0.1, 0.15) is 0 Å². The number of ether oxygens (including phenoxy) is 1. The summed E-state index contributed by atoms with van der Waals surface area (Å²) in [6.07, 6.45) is 0. The number of carbonyl (C=O) groups excluding carboxylic acids is 1. The summed E-state index contributed by atoms with van der Waals surface area (Å²) in [7, 11) is -4.83. The Bertz CT molecular complexity index is 662. The zero-order chi connectivity index (χ0) is 15.6. The van der Waals surface area contributed by atoms with Gasteiger partial charge in [-0.15, -0.1) is 0 Å². The van der Waals surface area contributed by atoms with E-state index in [0.29, 0.717) is 0 Å². The van der Waals surface area contributed by atoms with Crippen molar-refractivity contribution < 1.29 is 35.3 Å². The van der Waals surface area contributed by atoms with Crippen LogP contribution in [-0.2, 0) is 19.6 Å². The standard InChI is InChI=1S/C10H6ClF3O5S/c1-18-9(5-15)7-4-6(11)2-3-8(7)19-20(16,17)10(12,13)14/h2-4H,1H3. The maximum absolute atomic E-state index is 12.2. The van der Waals surface area contributed by atoms with Gasteiger partial charge in [-0.05, 0) is 18.2 Å². The number of hydrogen-bond acceptors (Lipinski definition) is 5. The quantitative estimate of drug-likeness (QED) is 0.367. The highest BCUT2D eigenvalue weighted by Crippen LogP contribution is 2.33. The normalized spacial score (nSPS) is 11.7. The second-order valence-electron chi connectivity index (χ2n) is 3.26. The van der Waals surface area contributed by atoms with Crippen molar-refractivity contribution in [3.63, 3.8) is 0 Å². The van der Waals surface area contributed by atoms with Crippen LogP contribution in [0.5, 0.6) is 5.75 Å². The van der Waals surface area contributed by atoms with Crippen LogP contribution in [0.2, 0.25) is 5.02 Å². The molecule has 0 radical (unpaired) electrons. The molecule has 0 N–H and O–H groups in total. The molecule has 1 rings (SSSR count). The first-order valence-electron chi connectivity index (χ1n) is 4.72. The van der Waals surface area contributed by atoms with Gasteiger partial charge in [0.15, 0.2) is 11.7 Å². The Morgan fingerprint density at radius 1 is 1.35 bits per heavy atom. The van der Waals surface area contributed by atoms with E-state index in [1.165, 1.54) is 5.94 Å². The lowest BCUT2D eigenvalue weighted by atomic mass is 10.2. The van der Waals surface area contributed by atoms with Crippen LogP contribution in [0.4, 0.5) is 13.2 Å². The van der Waals surface area contributed by atoms with Gasteiger partial charge in [0.25, 0.3) is 0 Å². The molecule has 0 amide bonds. The van der Waals surface area contributed by atoms with Crippen LogP contribution >= 0.6 is 11.6 Å². The third-order valence-electron chi connectivity index (χ3n) is 1.97. The van der Waals surface area contributed by atoms with Crippen molar-refractivity contribution in [3.05, 3.63) is 28.8 Å². The predicted molar refractivity (Wildman–Crippen MR) is 63.2 cm³/mol. The highest BCUT2D eigenvalue weighted by Gasteiger charge is 2.48. The van der Waals surface area contributed by atoms with Crippen molar-refractivity contribution in [1.29, 1.82) is 0 Å². The van der Waals surface area contributed by atoms with E-state index in [-0.39, 0.29) is 10.6 Å². The minimum Gasteiger partial charge on any atom is -0.486 e. The van der Waals surface area contributed by atoms with Crippen LogP contribution in [0.3, 0.4) is 0 Å². The summed E-state index contributed by atoms with van der Waals surface area (Å²) in [5.41, 5.74) is -5.98. The maximum atomic E-state index is 12.2. The van der Waals surface area contributed by atoms with E-state index >= 15 is 0 Å². The number of halogens is 4. The van der Waals surface area contributed by atoms with Crippen LogP contribution in [0, 0.1) is 0 Å². The summed E-state index contributed by atoms with van der Waals surface area (Å²) in [6, 6.07) is 2.95. The first kappa shape index (κ1) is 16.4. The summed E-state index contributed by atoms with van der Waals surface area (Å²) >= 11 is 5.61. The number of alkyl halides is 3. The fraction of sp³-hybridized carbons (Fsp3) is 0.200. The van der Waals surface area contributed by atoms with E-state index in [2.05, 4.69) is 8.92 Å². The zero-order valence-electron chi connectivity index (χ0n) is 9.69. The van der Waals surface area contributed by atoms with E-state index in [0.717, 1.165) is 25.3 Å². The van der Waals surface area contributed by atoms with Crippen molar-refractivity contribution in [2.75, 3.05) is 7.11 Å². The Balaban J connectivity index is 3.38. The molecule has 0 bridgehead atoms. The van der Waals surface area contributed by atoms with Gasteiger partial charge < -0.3 is 8.92 Å². The molecule has 20 heavy (non-hydrogen) atoms. The Hall–Kier alpha value is -1.70. The highest BCUT2D eigenvalue weighted by atomic mass is 35.5. The summed E-state index contributed by atoms with van der Waals surface area (Å²) in [5.74, 6) is -0.0233. The molecule has 1 aromatic rings. The summed E-state index contributed by atoms with van der Waals surface area (Å²) in [6.45, 7) is 0. The molecule has 0 saturated heterocycles. The first-order chi connectivity index (χ1) is 9.12. The third kappa shape index (κ3) is 3.44. The van der Waals surface area contributed by atoms with Gasteiger partial charge in [-0.2, -0.15) is 21.6 Å². The molecule has 0 unspecified atom stereocenters. The van der Waals surface area contributed by atoms with Gasteiger partial charge in [-0.3, -0.25) is 0 Å². The fourth-order valence-electron chi connectivity index (χ4n) is 1.12. The molecule has 0 aliphatic carbocycles. The summed E-state index contributed by atoms with van der Waals surface area (Å²) in [4.78, 5) is 10.6. The lowest BCUT2D eigenvalue weighted by molar-refractivity contribution is -0.0500. The lowest BCUT2D eigenvalue weighted by Gasteiger charge is -2.13. The van der Waals surface area contributed by atoms with E-state index in [4.69, 9.17) is 11.6 Å². The molecular formula is C10H6ClF3O5S. The Morgan fingerprint density at radius 2 is 1.95 bits per heavy atom. The molecule has 1 aromatic carbocycles. The zero-order valence-corrected chi connectivity index (χ0v) is 11.3. The SMILES string of the molecule is COC(=C=O)c1cc(Cl)ccc1OS(=O)(=O)C(F)(F)F. The molecule has 0 atom stereocenters. The van der Waals surface area contributed by atoms with Crippen LogP contribution < -0.4 is 4.18 Å². The molecular weight excluding hydrogens is 325 g/mol. The van der Waals surface area contributed by atoms with Crippen LogP contribution in [-0.4, -0.2) is 27.0 Å². The van der Waals surface area contributed by atoms with Gasteiger partial charge in [0.05, 0.1) is 12.7 Å². The number of methoxy groups -OCH3 is 1. The number of hydrogen-bond donors (Lipinski definition) is 0. The molecule has 5 nitrogen and oxygen atoms in total. The van der Waals surface area contributed by atoms with Crippen molar-refractivity contribution in [1.82, 2.24) is 0 Å². The fourth-order valence-corrected chi connectivity index (χ4v) is 1.77. The maximum Gasteiger partial charge on any atom is 0.534 e. The molecule has 0 aliphatic rings. The molecule has 0 fully saturated rings. The van der Waals surface area contributed by atoms with E-state index < -0.39 is 27.1 Å². The van der Waals surface area contributed by atoms with Crippen molar-refractivity contribution in [3.8, 4) is 5.75 Å². The average molecular weight is 331 g/mol. The molecule has 0 heterocycles. The minimum atomic E-state index is -5.88. The topological polar surface area (TPSA) is 69.7 Å². The lowest BCUT2D eigenvalue weighted by Crippen LogP contribution is -2.28. The van der Waals surface area contributed by atoms with Crippen LogP contribution in [0.25, 0.3) is 5.76 Å². The smallest absolute Gasteiger partial charge is 0.486 e. The largest absolute Gasteiger partial charge is 0.534 e. The number of benzene rings is 1. The van der Waals surface area contributed by atoms with Gasteiger partial charge in [0, 0.05) is 5.02 Å². The van der Waals surface area contributed by atoms with Gasteiger partial charge in [0.2, 0.25) is 5.76 Å². The molecule has 0 aliphatic heterocycles. The summed E-state index contributed by atoms with van der Waals surface area (Å²) < 4.78 is 67.1. The van der Waals surface area contributed by atoms with E-state index in [1.807, 2.05) is 0 Å². The average Bonchev–Trinajstić information content (AvgIpc) is 2.32. The Kier molecular flexibility index (Phi) is 4.69. The molecule has 110 valence electrons. The van der Waals surface area contributed by atoms with Gasteiger partial charge in [-0.25, -0.2) is 4.79 Å². The number of rotatable bonds is 4. The van der Waals surface area contributed by atoms with E-state index in [1.54, 1.807) is 0 Å². The van der Waals surface area contributed by atoms with E-state index in [9.17, 15) is 26.4 Å². The molecule has 0 spiro atoms. The Labute approximate surface area is 116 Å². The summed E-state index contributed by atoms with van der Waals surface area (Å²) in [5, 5.41) is 0.0292. The van der Waals surface area contributed by atoms with Crippen molar-refractivity contribution in [2.24, 2.45) is 0 Å². The first-order valence-corrected chi connectivity index (χ1v) is 6.50. The molecule has 0 saturated carbocycles. The predicted octanol–water partition coefficient (Wildman–Crippen LogP) is 2.39. The molecule has 0 aromatic heterocycles. The van der Waals surface area contributed by atoms with Crippen LogP contribution in [0.15, 0.2) is 18.2 Å². The monoisotopic (exact) mass is 330 g/mol. The second kappa shape index (κ2) is 5.74. The third-order valence-corrected chi connectivity index (χ3v) is 3.17. The highest BCUT2D eigenvalue weighted by molar-refractivity contribution is 7.88.